The molecule has 3 rings (SSSR count). The highest BCUT2D eigenvalue weighted by Crippen LogP contribution is 2.23. The van der Waals surface area contributed by atoms with Crippen molar-refractivity contribution in [1.29, 1.82) is 0 Å². The average molecular weight is 390 g/mol. The van der Waals surface area contributed by atoms with Crippen LogP contribution in [0.1, 0.15) is 21.6 Å². The number of hydrogen-bond donors (Lipinski definition) is 2. The van der Waals surface area contributed by atoms with E-state index in [9.17, 15) is 9.59 Å². The number of aromatic amines is 1. The molecule has 9 heteroatoms. The molecule has 0 saturated heterocycles. The summed E-state index contributed by atoms with van der Waals surface area (Å²) in [7, 11) is 0. The lowest BCUT2D eigenvalue weighted by atomic mass is 10.3. The summed E-state index contributed by atoms with van der Waals surface area (Å²) in [6.45, 7) is 1.71. The van der Waals surface area contributed by atoms with E-state index in [4.69, 9.17) is 23.2 Å². The fourth-order valence-electron chi connectivity index (χ4n) is 2.26. The van der Waals surface area contributed by atoms with Gasteiger partial charge in [0.2, 0.25) is 0 Å². The van der Waals surface area contributed by atoms with Gasteiger partial charge < -0.3 is 0 Å². The van der Waals surface area contributed by atoms with Crippen molar-refractivity contribution in [3.63, 3.8) is 0 Å². The predicted octanol–water partition coefficient (Wildman–Crippen LogP) is 2.94. The van der Waals surface area contributed by atoms with E-state index in [0.717, 1.165) is 0 Å². The first-order valence-electron chi connectivity index (χ1n) is 7.48. The molecule has 1 amide bonds. The standard InChI is InChI=1S/C17H13Cl2N5O2/c1-10-13(9-21-22-16(25)11-3-2-6-20-8-11)17(26)24(23-10)15-7-12(18)4-5-14(15)19/h2-9,23H,1H3,(H,22,25)/b21-9+. The third-order valence-corrected chi connectivity index (χ3v) is 4.10. The maximum absolute atomic E-state index is 12.6. The first kappa shape index (κ1) is 17.9. The van der Waals surface area contributed by atoms with Crippen LogP contribution in [0.5, 0.6) is 0 Å². The Balaban J connectivity index is 1.86. The molecule has 0 radical (unpaired) electrons. The van der Waals surface area contributed by atoms with Crippen molar-refractivity contribution < 1.29 is 4.79 Å². The number of carbonyl (C=O) groups excluding carboxylic acids is 1. The molecule has 0 bridgehead atoms. The Morgan fingerprint density at radius 1 is 1.35 bits per heavy atom. The zero-order valence-electron chi connectivity index (χ0n) is 13.5. The van der Waals surface area contributed by atoms with Crippen molar-refractivity contribution in [2.24, 2.45) is 5.10 Å². The second-order valence-corrected chi connectivity index (χ2v) is 6.17. The third kappa shape index (κ3) is 3.68. The van der Waals surface area contributed by atoms with Crippen molar-refractivity contribution >= 4 is 35.3 Å². The van der Waals surface area contributed by atoms with Gasteiger partial charge in [-0.3, -0.25) is 19.7 Å². The Hall–Kier alpha value is -2.90. The van der Waals surface area contributed by atoms with Crippen molar-refractivity contribution in [1.82, 2.24) is 20.2 Å². The van der Waals surface area contributed by atoms with Gasteiger partial charge in [-0.15, -0.1) is 0 Å². The number of H-pyrrole nitrogens is 1. The maximum Gasteiger partial charge on any atom is 0.280 e. The van der Waals surface area contributed by atoms with Crippen LogP contribution in [0.25, 0.3) is 5.69 Å². The number of hydrogen-bond acceptors (Lipinski definition) is 4. The van der Waals surface area contributed by atoms with Crippen molar-refractivity contribution in [2.45, 2.75) is 6.92 Å². The molecule has 0 spiro atoms. The molecule has 0 aliphatic rings. The zero-order chi connectivity index (χ0) is 18.7. The first-order chi connectivity index (χ1) is 12.5. The molecule has 2 N–H and O–H groups in total. The van der Waals surface area contributed by atoms with Crippen molar-refractivity contribution in [2.75, 3.05) is 0 Å². The Bertz CT molecular complexity index is 1040. The Morgan fingerprint density at radius 2 is 2.15 bits per heavy atom. The Kier molecular flexibility index (Phi) is 5.20. The van der Waals surface area contributed by atoms with E-state index in [1.807, 2.05) is 0 Å². The average Bonchev–Trinajstić information content (AvgIpc) is 2.92. The van der Waals surface area contributed by atoms with E-state index in [2.05, 4.69) is 20.6 Å². The van der Waals surface area contributed by atoms with Crippen LogP contribution in [-0.4, -0.2) is 26.9 Å². The van der Waals surface area contributed by atoms with Gasteiger partial charge in [0.15, 0.2) is 0 Å². The topological polar surface area (TPSA) is 92.1 Å². The van der Waals surface area contributed by atoms with Gasteiger partial charge in [-0.2, -0.15) is 5.10 Å². The van der Waals surface area contributed by atoms with Gasteiger partial charge in [0.25, 0.3) is 11.5 Å². The van der Waals surface area contributed by atoms with Gasteiger partial charge in [-0.05, 0) is 37.3 Å². The fraction of sp³-hybridized carbons (Fsp3) is 0.0588. The minimum Gasteiger partial charge on any atom is -0.295 e. The SMILES string of the molecule is Cc1[nH]n(-c2cc(Cl)ccc2Cl)c(=O)c1/C=N/NC(=O)c1cccnc1. The molecule has 0 atom stereocenters. The molecular formula is C17H13Cl2N5O2. The highest BCUT2D eigenvalue weighted by molar-refractivity contribution is 6.34. The van der Waals surface area contributed by atoms with E-state index >= 15 is 0 Å². The molecule has 3 aromatic rings. The summed E-state index contributed by atoms with van der Waals surface area (Å²) >= 11 is 12.1. The number of amides is 1. The number of nitrogens with one attached hydrogen (secondary N) is 2. The minimum atomic E-state index is -0.430. The number of halogens is 2. The summed E-state index contributed by atoms with van der Waals surface area (Å²) in [5.41, 5.74) is 3.61. The first-order valence-corrected chi connectivity index (χ1v) is 8.23. The highest BCUT2D eigenvalue weighted by Gasteiger charge is 2.13. The van der Waals surface area contributed by atoms with E-state index in [-0.39, 0.29) is 11.1 Å². The summed E-state index contributed by atoms with van der Waals surface area (Å²) in [4.78, 5) is 28.4. The molecule has 0 aliphatic heterocycles. The van der Waals surface area contributed by atoms with Gasteiger partial charge >= 0.3 is 0 Å². The monoisotopic (exact) mass is 389 g/mol. The van der Waals surface area contributed by atoms with E-state index in [1.165, 1.54) is 17.1 Å². The third-order valence-electron chi connectivity index (χ3n) is 3.55. The van der Waals surface area contributed by atoms with Crippen LogP contribution in [0.3, 0.4) is 0 Å². The summed E-state index contributed by atoms with van der Waals surface area (Å²) in [6, 6.07) is 8.05. The number of aryl methyl sites for hydroxylation is 1. The van der Waals surface area contributed by atoms with Crippen molar-refractivity contribution in [3.05, 3.63) is 79.9 Å². The molecule has 0 aliphatic carbocycles. The van der Waals surface area contributed by atoms with Gasteiger partial charge in [-0.25, -0.2) is 10.1 Å². The quantitative estimate of drug-likeness (QED) is 0.530. The minimum absolute atomic E-state index is 0.285. The van der Waals surface area contributed by atoms with Crippen LogP contribution in [0.15, 0.2) is 52.6 Å². The van der Waals surface area contributed by atoms with Gasteiger partial charge in [0.05, 0.1) is 28.1 Å². The number of benzene rings is 1. The smallest absolute Gasteiger partial charge is 0.280 e. The van der Waals surface area contributed by atoms with Gasteiger partial charge in [0, 0.05) is 23.1 Å². The lowest BCUT2D eigenvalue weighted by Crippen LogP contribution is -2.20. The highest BCUT2D eigenvalue weighted by atomic mass is 35.5. The Labute approximate surface area is 158 Å². The van der Waals surface area contributed by atoms with Crippen molar-refractivity contribution in [3.8, 4) is 5.69 Å². The molecular weight excluding hydrogens is 377 g/mol. The molecule has 132 valence electrons. The van der Waals surface area contributed by atoms with Gasteiger partial charge in [0.1, 0.15) is 0 Å². The number of rotatable bonds is 4. The number of pyridine rings is 1. The lowest BCUT2D eigenvalue weighted by molar-refractivity contribution is 0.0955. The summed E-state index contributed by atoms with van der Waals surface area (Å²) in [5, 5.41) is 7.57. The second-order valence-electron chi connectivity index (χ2n) is 5.33. The molecule has 0 unspecified atom stereocenters. The van der Waals surface area contributed by atoms with Crippen LogP contribution in [0.4, 0.5) is 0 Å². The maximum atomic E-state index is 12.6. The fourth-order valence-corrected chi connectivity index (χ4v) is 2.62. The Morgan fingerprint density at radius 3 is 2.88 bits per heavy atom. The van der Waals surface area contributed by atoms with Gasteiger partial charge in [-0.1, -0.05) is 23.2 Å². The molecule has 26 heavy (non-hydrogen) atoms. The second kappa shape index (κ2) is 7.55. The molecule has 2 aromatic heterocycles. The summed E-state index contributed by atoms with van der Waals surface area (Å²) in [5.74, 6) is -0.430. The van der Waals surface area contributed by atoms with E-state index < -0.39 is 5.91 Å². The zero-order valence-corrected chi connectivity index (χ0v) is 15.0. The van der Waals surface area contributed by atoms with E-state index in [1.54, 1.807) is 43.5 Å². The van der Waals surface area contributed by atoms with Crippen LogP contribution in [-0.2, 0) is 0 Å². The molecule has 0 saturated carbocycles. The predicted molar refractivity (Wildman–Crippen MR) is 100 cm³/mol. The number of nitrogens with zero attached hydrogens (tertiary/aromatic N) is 3. The van der Waals surface area contributed by atoms with Crippen LogP contribution >= 0.6 is 23.2 Å². The van der Waals surface area contributed by atoms with E-state index in [0.29, 0.717) is 27.0 Å². The lowest BCUT2D eigenvalue weighted by Gasteiger charge is -2.04. The number of hydrazone groups is 1. The molecule has 0 fully saturated rings. The van der Waals surface area contributed by atoms with Crippen LogP contribution in [0.2, 0.25) is 10.0 Å². The van der Waals surface area contributed by atoms with Crippen LogP contribution < -0.4 is 11.0 Å². The molecule has 1 aromatic carbocycles. The summed E-state index contributed by atoms with van der Waals surface area (Å²) < 4.78 is 1.27. The summed E-state index contributed by atoms with van der Waals surface area (Å²) in [6.07, 6.45) is 4.25. The largest absolute Gasteiger partial charge is 0.295 e. The number of carbonyl (C=O) groups is 1. The molecule has 7 nitrogen and oxygen atoms in total. The number of aromatic nitrogens is 3. The normalized spacial score (nSPS) is 11.0. The molecule has 2 heterocycles. The van der Waals surface area contributed by atoms with Crippen LogP contribution in [0, 0.1) is 6.92 Å².